The summed E-state index contributed by atoms with van der Waals surface area (Å²) >= 11 is 0. The predicted molar refractivity (Wildman–Crippen MR) is 71.1 cm³/mol. The molecular formula is C14H11F2N2O2Si. The number of benzene rings is 1. The van der Waals surface area contributed by atoms with Crippen molar-refractivity contribution in [2.75, 3.05) is 0 Å². The Bertz CT molecular complexity index is 719. The van der Waals surface area contributed by atoms with Gasteiger partial charge in [0.25, 0.3) is 0 Å². The largest absolute Gasteiger partial charge is 0.481 e. The Morgan fingerprint density at radius 2 is 2.29 bits per heavy atom. The highest BCUT2D eigenvalue weighted by Crippen LogP contribution is 2.63. The van der Waals surface area contributed by atoms with Crippen LogP contribution in [0.4, 0.5) is 8.78 Å². The molecule has 3 radical (unpaired) electrons. The number of rotatable bonds is 4. The lowest BCUT2D eigenvalue weighted by molar-refractivity contribution is -0.137. The van der Waals surface area contributed by atoms with Crippen LogP contribution in [0.5, 0.6) is 0 Å². The second kappa shape index (κ2) is 4.76. The molecule has 1 aromatic heterocycles. The molecule has 1 fully saturated rings. The van der Waals surface area contributed by atoms with Gasteiger partial charge in [0.15, 0.2) is 0 Å². The average Bonchev–Trinajstić information content (AvgIpc) is 2.96. The summed E-state index contributed by atoms with van der Waals surface area (Å²) in [5.41, 5.74) is 1.04. The first-order chi connectivity index (χ1) is 9.90. The molecule has 1 aromatic carbocycles. The van der Waals surface area contributed by atoms with Gasteiger partial charge in [0.1, 0.15) is 5.82 Å². The van der Waals surface area contributed by atoms with Crippen molar-refractivity contribution in [2.24, 2.45) is 0 Å². The molecular weight excluding hydrogens is 294 g/mol. The van der Waals surface area contributed by atoms with Gasteiger partial charge in [0.2, 0.25) is 5.95 Å². The zero-order chi connectivity index (χ0) is 15.2. The SMILES string of the molecule is O=C(O)[C@@]1([Si])C[C@@H]1c1ccc(Cn2cnc(F)c2)c(F)c1. The third-order valence-corrected chi connectivity index (χ3v) is 4.54. The molecule has 21 heavy (non-hydrogen) atoms. The minimum Gasteiger partial charge on any atom is -0.481 e. The second-order valence-corrected chi connectivity index (χ2v) is 6.15. The summed E-state index contributed by atoms with van der Waals surface area (Å²) in [6, 6.07) is 4.65. The molecule has 2 atom stereocenters. The summed E-state index contributed by atoms with van der Waals surface area (Å²) in [7, 11) is 3.24. The highest BCUT2D eigenvalue weighted by Gasteiger charge is 2.57. The van der Waals surface area contributed by atoms with Crippen molar-refractivity contribution in [2.45, 2.75) is 23.9 Å². The van der Waals surface area contributed by atoms with E-state index in [-0.39, 0.29) is 12.5 Å². The molecule has 0 aliphatic heterocycles. The molecule has 7 heteroatoms. The molecule has 1 heterocycles. The van der Waals surface area contributed by atoms with Crippen molar-refractivity contribution in [3.8, 4) is 0 Å². The molecule has 1 N–H and O–H groups in total. The number of carbonyl (C=O) groups is 1. The normalized spacial score (nSPS) is 24.0. The van der Waals surface area contributed by atoms with E-state index in [0.29, 0.717) is 17.5 Å². The van der Waals surface area contributed by atoms with Gasteiger partial charge in [-0.2, -0.15) is 4.39 Å². The van der Waals surface area contributed by atoms with Crippen molar-refractivity contribution >= 4 is 16.2 Å². The molecule has 107 valence electrons. The van der Waals surface area contributed by atoms with Crippen molar-refractivity contribution in [1.82, 2.24) is 9.55 Å². The monoisotopic (exact) mass is 305 g/mol. The molecule has 3 rings (SSSR count). The van der Waals surface area contributed by atoms with E-state index in [1.54, 1.807) is 12.1 Å². The first kappa shape index (κ1) is 13.9. The van der Waals surface area contributed by atoms with Crippen LogP contribution in [0.2, 0.25) is 5.04 Å². The van der Waals surface area contributed by atoms with Gasteiger partial charge in [0.05, 0.1) is 24.1 Å². The number of carboxylic acid groups (broad SMARTS) is 1. The van der Waals surface area contributed by atoms with Gasteiger partial charge in [-0.1, -0.05) is 12.1 Å². The van der Waals surface area contributed by atoms with Crippen LogP contribution in [-0.4, -0.2) is 30.9 Å². The number of hydrogen-bond acceptors (Lipinski definition) is 2. The van der Waals surface area contributed by atoms with E-state index < -0.39 is 22.8 Å². The second-order valence-electron chi connectivity index (χ2n) is 5.25. The fraction of sp³-hybridized carbons (Fsp3) is 0.286. The fourth-order valence-electron chi connectivity index (χ4n) is 2.43. The Kier molecular flexibility index (Phi) is 3.16. The first-order valence-electron chi connectivity index (χ1n) is 6.34. The highest BCUT2D eigenvalue weighted by molar-refractivity contribution is 6.30. The molecule has 0 unspecified atom stereocenters. The van der Waals surface area contributed by atoms with Crippen molar-refractivity contribution in [1.29, 1.82) is 0 Å². The smallest absolute Gasteiger partial charge is 0.306 e. The van der Waals surface area contributed by atoms with E-state index in [2.05, 4.69) is 15.2 Å². The number of aromatic nitrogens is 2. The maximum Gasteiger partial charge on any atom is 0.306 e. The Hall–Kier alpha value is -2.02. The lowest BCUT2D eigenvalue weighted by Gasteiger charge is -2.08. The fourth-order valence-corrected chi connectivity index (χ4v) is 2.80. The van der Waals surface area contributed by atoms with Gasteiger partial charge >= 0.3 is 5.97 Å². The third-order valence-electron chi connectivity index (χ3n) is 3.78. The van der Waals surface area contributed by atoms with Crippen molar-refractivity contribution in [3.63, 3.8) is 0 Å². The minimum absolute atomic E-state index is 0.172. The predicted octanol–water partition coefficient (Wildman–Crippen LogP) is 2.11. The standard InChI is InChI=1S/C14H11F2N2O2Si/c15-11-3-8(10-4-14(10,21)13(19)20)1-2-9(11)5-18-6-12(16)17-7-18/h1-3,6-7,10H,4-5H2,(H,19,20)/t10-,14-/m1/s1. The number of hydrogen-bond donors (Lipinski definition) is 1. The summed E-state index contributed by atoms with van der Waals surface area (Å²) in [6.07, 6.45) is 2.91. The van der Waals surface area contributed by atoms with Crippen LogP contribution in [0.1, 0.15) is 23.5 Å². The topological polar surface area (TPSA) is 55.1 Å². The summed E-state index contributed by atoms with van der Waals surface area (Å²) in [4.78, 5) is 14.5. The van der Waals surface area contributed by atoms with Gasteiger partial charge in [-0.15, -0.1) is 0 Å². The van der Waals surface area contributed by atoms with Crippen molar-refractivity contribution in [3.05, 3.63) is 53.6 Å². The molecule has 0 bridgehead atoms. The summed E-state index contributed by atoms with van der Waals surface area (Å²) in [5, 5.41) is 8.09. The lowest BCUT2D eigenvalue weighted by atomic mass is 10.1. The molecule has 0 spiro atoms. The highest BCUT2D eigenvalue weighted by atomic mass is 28.1. The Morgan fingerprint density at radius 3 is 2.81 bits per heavy atom. The van der Waals surface area contributed by atoms with Gasteiger partial charge in [-0.05, 0) is 24.0 Å². The van der Waals surface area contributed by atoms with Crippen LogP contribution in [0.3, 0.4) is 0 Å². The maximum absolute atomic E-state index is 14.1. The van der Waals surface area contributed by atoms with Gasteiger partial charge in [-0.3, -0.25) is 4.79 Å². The van der Waals surface area contributed by atoms with Gasteiger partial charge in [-0.25, -0.2) is 9.37 Å². The average molecular weight is 305 g/mol. The van der Waals surface area contributed by atoms with Crippen LogP contribution in [0.25, 0.3) is 0 Å². The quantitative estimate of drug-likeness (QED) is 0.880. The van der Waals surface area contributed by atoms with Gasteiger partial charge < -0.3 is 9.67 Å². The van der Waals surface area contributed by atoms with E-state index >= 15 is 0 Å². The number of nitrogens with zero attached hydrogens (tertiary/aromatic N) is 2. The Labute approximate surface area is 122 Å². The van der Waals surface area contributed by atoms with Crippen LogP contribution in [-0.2, 0) is 11.3 Å². The molecule has 1 saturated carbocycles. The van der Waals surface area contributed by atoms with E-state index in [0.717, 1.165) is 0 Å². The van der Waals surface area contributed by atoms with Crippen LogP contribution in [0, 0.1) is 11.8 Å². The maximum atomic E-state index is 14.1. The number of aliphatic carboxylic acids is 1. The minimum atomic E-state index is -0.985. The summed E-state index contributed by atoms with van der Waals surface area (Å²) < 4.78 is 28.3. The number of carboxylic acids is 1. The molecule has 1 aliphatic rings. The Morgan fingerprint density at radius 1 is 1.52 bits per heavy atom. The molecule has 0 amide bonds. The number of halogens is 2. The zero-order valence-corrected chi connectivity index (χ0v) is 11.9. The van der Waals surface area contributed by atoms with Crippen LogP contribution >= 0.6 is 0 Å². The summed E-state index contributed by atoms with van der Waals surface area (Å²) in [6.45, 7) is 0.172. The molecule has 4 nitrogen and oxygen atoms in total. The van der Waals surface area contributed by atoms with Crippen molar-refractivity contribution < 1.29 is 18.7 Å². The molecule has 2 aromatic rings. The third kappa shape index (κ3) is 2.48. The molecule has 0 saturated heterocycles. The zero-order valence-electron chi connectivity index (χ0n) is 10.9. The van der Waals surface area contributed by atoms with Gasteiger partial charge in [0, 0.05) is 15.8 Å². The van der Waals surface area contributed by atoms with E-state index in [1.807, 2.05) is 0 Å². The number of imidazole rings is 1. The van der Waals surface area contributed by atoms with E-state index in [4.69, 9.17) is 5.11 Å². The van der Waals surface area contributed by atoms with E-state index in [9.17, 15) is 13.6 Å². The lowest BCUT2D eigenvalue weighted by Crippen LogP contribution is -2.10. The molecule has 1 aliphatic carbocycles. The Balaban J connectivity index is 1.79. The summed E-state index contributed by atoms with van der Waals surface area (Å²) in [5.74, 6) is -2.23. The first-order valence-corrected chi connectivity index (χ1v) is 6.84. The van der Waals surface area contributed by atoms with Crippen LogP contribution < -0.4 is 0 Å². The van der Waals surface area contributed by atoms with Crippen LogP contribution in [0.15, 0.2) is 30.7 Å². The van der Waals surface area contributed by atoms with E-state index in [1.165, 1.54) is 23.2 Å².